The lowest BCUT2D eigenvalue weighted by molar-refractivity contribution is -0.150. The van der Waals surface area contributed by atoms with E-state index in [1.165, 1.54) is 0 Å². The van der Waals surface area contributed by atoms with Crippen LogP contribution in [0.15, 0.2) is 0 Å². The second-order valence-electron chi connectivity index (χ2n) is 8.76. The van der Waals surface area contributed by atoms with Crippen molar-refractivity contribution >= 4 is 12.0 Å². The van der Waals surface area contributed by atoms with Gasteiger partial charge in [0.15, 0.2) is 0 Å². The molecule has 0 bridgehead atoms. The highest BCUT2D eigenvalue weighted by molar-refractivity contribution is 5.80. The Morgan fingerprint density at radius 3 is 1.62 bits per heavy atom. The van der Waals surface area contributed by atoms with Crippen molar-refractivity contribution in [1.82, 2.24) is 10.6 Å². The first kappa shape index (κ1) is 19.7. The summed E-state index contributed by atoms with van der Waals surface area (Å²) in [5.74, 6) is -0.943. The number of carboxylic acids is 1. The van der Waals surface area contributed by atoms with Gasteiger partial charge in [0.1, 0.15) is 0 Å². The molecular weight excluding hydrogens is 268 g/mol. The zero-order valence-corrected chi connectivity index (χ0v) is 15.0. The minimum atomic E-state index is -1.07. The van der Waals surface area contributed by atoms with Crippen LogP contribution in [0.25, 0.3) is 0 Å². The molecule has 0 aromatic heterocycles. The minimum absolute atomic E-state index is 0.0899. The summed E-state index contributed by atoms with van der Waals surface area (Å²) in [7, 11) is 0. The summed E-state index contributed by atoms with van der Waals surface area (Å²) >= 11 is 0. The zero-order chi connectivity index (χ0) is 17.3. The van der Waals surface area contributed by atoms with Gasteiger partial charge >= 0.3 is 12.0 Å². The lowest BCUT2D eigenvalue weighted by atomic mass is 9.74. The van der Waals surface area contributed by atoms with Gasteiger partial charge < -0.3 is 15.7 Å². The molecule has 124 valence electrons. The number of aliphatic carboxylic acids is 1. The number of hydrogen-bond donors (Lipinski definition) is 3. The molecule has 0 saturated carbocycles. The highest BCUT2D eigenvalue weighted by atomic mass is 16.4. The van der Waals surface area contributed by atoms with Gasteiger partial charge in [-0.1, -0.05) is 20.8 Å². The van der Waals surface area contributed by atoms with Gasteiger partial charge in [-0.2, -0.15) is 0 Å². The second-order valence-corrected chi connectivity index (χ2v) is 8.76. The van der Waals surface area contributed by atoms with Crippen LogP contribution in [0.3, 0.4) is 0 Å². The third kappa shape index (κ3) is 5.94. The average Bonchev–Trinajstić information content (AvgIpc) is 2.09. The number of nitrogens with one attached hydrogen (secondary N) is 2. The molecule has 0 heterocycles. The van der Waals surface area contributed by atoms with Gasteiger partial charge in [0, 0.05) is 5.54 Å². The summed E-state index contributed by atoms with van der Waals surface area (Å²) in [6.45, 7) is 16.9. The third-order valence-corrected chi connectivity index (χ3v) is 3.95. The Labute approximate surface area is 128 Å². The van der Waals surface area contributed by atoms with Gasteiger partial charge in [-0.05, 0) is 53.4 Å². The van der Waals surface area contributed by atoms with Crippen molar-refractivity contribution in [3.8, 4) is 0 Å². The molecule has 3 N–H and O–H groups in total. The maximum Gasteiger partial charge on any atom is 0.315 e. The van der Waals surface area contributed by atoms with Crippen molar-refractivity contribution in [2.75, 3.05) is 0 Å². The molecular formula is C16H32N2O3. The summed E-state index contributed by atoms with van der Waals surface area (Å²) in [6, 6.07) is -0.344. The van der Waals surface area contributed by atoms with Crippen molar-refractivity contribution in [3.05, 3.63) is 0 Å². The number of rotatable bonds is 5. The van der Waals surface area contributed by atoms with Gasteiger partial charge in [0.25, 0.3) is 0 Å². The van der Waals surface area contributed by atoms with E-state index in [2.05, 4.69) is 31.4 Å². The maximum atomic E-state index is 12.2. The molecule has 0 radical (unpaired) electrons. The quantitative estimate of drug-likeness (QED) is 0.728. The number of carbonyl (C=O) groups excluding carboxylic acids is 1. The number of urea groups is 1. The van der Waals surface area contributed by atoms with E-state index >= 15 is 0 Å². The molecule has 0 aromatic carbocycles. The van der Waals surface area contributed by atoms with E-state index in [0.29, 0.717) is 0 Å². The SMILES string of the molecule is CC(C)(C)CC(C)(C)NC(=O)NC(C)(C)C(C)(C)C(=O)O. The van der Waals surface area contributed by atoms with Crippen LogP contribution < -0.4 is 10.6 Å². The molecule has 0 unspecified atom stereocenters. The third-order valence-electron chi connectivity index (χ3n) is 3.95. The van der Waals surface area contributed by atoms with Gasteiger partial charge in [-0.3, -0.25) is 4.79 Å². The van der Waals surface area contributed by atoms with Crippen molar-refractivity contribution in [1.29, 1.82) is 0 Å². The molecule has 0 aliphatic rings. The number of hydrogen-bond acceptors (Lipinski definition) is 2. The first-order chi connectivity index (χ1) is 9.00. The lowest BCUT2D eigenvalue weighted by Gasteiger charge is -2.40. The fraction of sp³-hybridized carbons (Fsp3) is 0.875. The van der Waals surface area contributed by atoms with Crippen LogP contribution in [-0.4, -0.2) is 28.2 Å². The minimum Gasteiger partial charge on any atom is -0.481 e. The van der Waals surface area contributed by atoms with E-state index in [4.69, 9.17) is 0 Å². The fourth-order valence-corrected chi connectivity index (χ4v) is 2.42. The largest absolute Gasteiger partial charge is 0.481 e. The Balaban J connectivity index is 4.89. The van der Waals surface area contributed by atoms with Gasteiger partial charge in [-0.15, -0.1) is 0 Å². The highest BCUT2D eigenvalue weighted by Crippen LogP contribution is 2.31. The molecule has 0 rings (SSSR count). The topological polar surface area (TPSA) is 78.4 Å². The molecule has 2 amide bonds. The Kier molecular flexibility index (Phi) is 5.50. The van der Waals surface area contributed by atoms with Crippen LogP contribution in [0.4, 0.5) is 4.79 Å². The maximum absolute atomic E-state index is 12.2. The fourth-order valence-electron chi connectivity index (χ4n) is 2.42. The number of amides is 2. The van der Waals surface area contributed by atoms with E-state index in [1.54, 1.807) is 27.7 Å². The van der Waals surface area contributed by atoms with E-state index in [9.17, 15) is 14.7 Å². The molecule has 5 heteroatoms. The standard InChI is InChI=1S/C16H32N2O3/c1-13(2,3)10-14(4,5)17-12(21)18-16(8,9)15(6,7)11(19)20/h10H2,1-9H3,(H,19,20)(H2,17,18,21). The van der Waals surface area contributed by atoms with Gasteiger partial charge in [0.2, 0.25) is 0 Å². The van der Waals surface area contributed by atoms with Crippen molar-refractivity contribution in [3.63, 3.8) is 0 Å². The Bertz CT molecular complexity index is 404. The predicted molar refractivity (Wildman–Crippen MR) is 85.3 cm³/mol. The van der Waals surface area contributed by atoms with Crippen LogP contribution in [0.5, 0.6) is 0 Å². The van der Waals surface area contributed by atoms with E-state index < -0.39 is 16.9 Å². The molecule has 5 nitrogen and oxygen atoms in total. The van der Waals surface area contributed by atoms with Crippen LogP contribution in [0.2, 0.25) is 0 Å². The normalized spacial score (nSPS) is 13.8. The van der Waals surface area contributed by atoms with Crippen LogP contribution in [0.1, 0.15) is 68.7 Å². The van der Waals surface area contributed by atoms with E-state index in [1.807, 2.05) is 13.8 Å². The van der Waals surface area contributed by atoms with Gasteiger partial charge in [-0.25, -0.2) is 4.79 Å². The number of carboxylic acid groups (broad SMARTS) is 1. The highest BCUT2D eigenvalue weighted by Gasteiger charge is 2.44. The monoisotopic (exact) mass is 300 g/mol. The van der Waals surface area contributed by atoms with Crippen LogP contribution >= 0.6 is 0 Å². The molecule has 0 spiro atoms. The summed E-state index contributed by atoms with van der Waals surface area (Å²) in [5.41, 5.74) is -2.22. The number of carbonyl (C=O) groups is 2. The summed E-state index contributed by atoms with van der Waals surface area (Å²) < 4.78 is 0. The predicted octanol–water partition coefficient (Wildman–Crippen LogP) is 3.39. The Morgan fingerprint density at radius 1 is 0.857 bits per heavy atom. The molecule has 0 aliphatic heterocycles. The smallest absolute Gasteiger partial charge is 0.315 e. The summed E-state index contributed by atoms with van der Waals surface area (Å²) in [5, 5.41) is 15.0. The van der Waals surface area contributed by atoms with E-state index in [0.717, 1.165) is 6.42 Å². The summed E-state index contributed by atoms with van der Waals surface area (Å²) in [6.07, 6.45) is 0.816. The summed E-state index contributed by atoms with van der Waals surface area (Å²) in [4.78, 5) is 23.6. The second kappa shape index (κ2) is 5.85. The molecule has 0 fully saturated rings. The van der Waals surface area contributed by atoms with Crippen molar-refractivity contribution in [2.45, 2.75) is 79.8 Å². The van der Waals surface area contributed by atoms with E-state index in [-0.39, 0.29) is 17.0 Å². The first-order valence-electron chi connectivity index (χ1n) is 7.34. The Morgan fingerprint density at radius 2 is 1.29 bits per heavy atom. The first-order valence-corrected chi connectivity index (χ1v) is 7.34. The molecule has 0 saturated heterocycles. The molecule has 0 aromatic rings. The van der Waals surface area contributed by atoms with Gasteiger partial charge in [0.05, 0.1) is 11.0 Å². The van der Waals surface area contributed by atoms with Crippen LogP contribution in [-0.2, 0) is 4.79 Å². The zero-order valence-electron chi connectivity index (χ0n) is 15.0. The molecule has 0 aliphatic carbocycles. The Hall–Kier alpha value is -1.26. The molecule has 21 heavy (non-hydrogen) atoms. The average molecular weight is 300 g/mol. The lowest BCUT2D eigenvalue weighted by Crippen LogP contribution is -2.61. The molecule has 0 atom stereocenters. The van der Waals surface area contributed by atoms with Crippen molar-refractivity contribution in [2.24, 2.45) is 10.8 Å². The van der Waals surface area contributed by atoms with Crippen LogP contribution in [0, 0.1) is 10.8 Å². The van der Waals surface area contributed by atoms with Crippen molar-refractivity contribution < 1.29 is 14.7 Å².